The Hall–Kier alpha value is -1.06. The second-order valence-electron chi connectivity index (χ2n) is 4.58. The lowest BCUT2D eigenvalue weighted by molar-refractivity contribution is 0.239. The van der Waals surface area contributed by atoms with Gasteiger partial charge in [0, 0.05) is 12.6 Å². The van der Waals surface area contributed by atoms with E-state index in [2.05, 4.69) is 5.32 Å². The molecule has 17 heavy (non-hydrogen) atoms. The molecule has 0 spiro atoms. The number of benzene rings is 1. The smallest absolute Gasteiger partial charge is 0.119 e. The van der Waals surface area contributed by atoms with E-state index in [0.29, 0.717) is 12.5 Å². The van der Waals surface area contributed by atoms with Crippen molar-refractivity contribution in [3.8, 4) is 5.75 Å². The average molecular weight is 235 g/mol. The molecule has 94 valence electrons. The summed E-state index contributed by atoms with van der Waals surface area (Å²) >= 11 is 0. The number of hydrogen-bond donors (Lipinski definition) is 2. The van der Waals surface area contributed by atoms with Gasteiger partial charge in [-0.2, -0.15) is 0 Å². The summed E-state index contributed by atoms with van der Waals surface area (Å²) in [5.41, 5.74) is 1.15. The molecule has 0 saturated carbocycles. The monoisotopic (exact) mass is 235 g/mol. The van der Waals surface area contributed by atoms with Crippen molar-refractivity contribution in [2.75, 3.05) is 19.8 Å². The standard InChI is InChI=1S/C14H21NO2/c16-10-8-12-4-6-14(7-5-12)17-11-13-3-1-2-9-15-13/h4-7,13,15-16H,1-3,8-11H2. The molecule has 0 radical (unpaired) electrons. The lowest BCUT2D eigenvalue weighted by Crippen LogP contribution is -2.38. The van der Waals surface area contributed by atoms with Crippen molar-refractivity contribution in [3.63, 3.8) is 0 Å². The van der Waals surface area contributed by atoms with Crippen molar-refractivity contribution >= 4 is 0 Å². The van der Waals surface area contributed by atoms with Gasteiger partial charge < -0.3 is 15.2 Å². The van der Waals surface area contributed by atoms with E-state index >= 15 is 0 Å². The number of rotatable bonds is 5. The van der Waals surface area contributed by atoms with E-state index < -0.39 is 0 Å². The minimum Gasteiger partial charge on any atom is -0.492 e. The molecule has 1 unspecified atom stereocenters. The van der Waals surface area contributed by atoms with Gasteiger partial charge in [-0.3, -0.25) is 0 Å². The Morgan fingerprint density at radius 2 is 2.06 bits per heavy atom. The summed E-state index contributed by atoms with van der Waals surface area (Å²) in [5, 5.41) is 12.3. The van der Waals surface area contributed by atoms with Crippen LogP contribution in [0.3, 0.4) is 0 Å². The molecule has 0 amide bonds. The van der Waals surface area contributed by atoms with Gasteiger partial charge in [0.15, 0.2) is 0 Å². The first kappa shape index (κ1) is 12.4. The fraction of sp³-hybridized carbons (Fsp3) is 0.571. The third-order valence-electron chi connectivity index (χ3n) is 3.19. The van der Waals surface area contributed by atoms with E-state index in [1.165, 1.54) is 19.3 Å². The normalized spacial score (nSPS) is 20.2. The average Bonchev–Trinajstić information content (AvgIpc) is 2.40. The third kappa shape index (κ3) is 4.02. The Bertz CT molecular complexity index is 317. The lowest BCUT2D eigenvalue weighted by atomic mass is 10.1. The molecule has 0 aliphatic carbocycles. The molecular weight excluding hydrogens is 214 g/mol. The van der Waals surface area contributed by atoms with Crippen molar-refractivity contribution in [1.29, 1.82) is 0 Å². The van der Waals surface area contributed by atoms with Crippen molar-refractivity contribution in [2.45, 2.75) is 31.7 Å². The highest BCUT2D eigenvalue weighted by atomic mass is 16.5. The number of ether oxygens (including phenoxy) is 1. The van der Waals surface area contributed by atoms with Crippen LogP contribution in [0.25, 0.3) is 0 Å². The van der Waals surface area contributed by atoms with E-state index in [1.54, 1.807) is 0 Å². The van der Waals surface area contributed by atoms with Crippen molar-refractivity contribution < 1.29 is 9.84 Å². The van der Waals surface area contributed by atoms with Gasteiger partial charge in [-0.15, -0.1) is 0 Å². The summed E-state index contributed by atoms with van der Waals surface area (Å²) < 4.78 is 5.75. The lowest BCUT2D eigenvalue weighted by Gasteiger charge is -2.23. The zero-order valence-electron chi connectivity index (χ0n) is 10.2. The maximum atomic E-state index is 8.82. The van der Waals surface area contributed by atoms with Crippen LogP contribution in [0.2, 0.25) is 0 Å². The molecule has 1 aromatic carbocycles. The predicted octanol–water partition coefficient (Wildman–Crippen LogP) is 1.74. The van der Waals surface area contributed by atoms with Crippen LogP contribution in [0, 0.1) is 0 Å². The molecule has 1 aliphatic rings. The molecule has 0 bridgehead atoms. The van der Waals surface area contributed by atoms with Gasteiger partial charge in [0.2, 0.25) is 0 Å². The summed E-state index contributed by atoms with van der Waals surface area (Å²) in [6.07, 6.45) is 4.51. The summed E-state index contributed by atoms with van der Waals surface area (Å²) in [5.74, 6) is 0.916. The summed E-state index contributed by atoms with van der Waals surface area (Å²) in [4.78, 5) is 0. The first-order valence-corrected chi connectivity index (χ1v) is 6.44. The fourth-order valence-electron chi connectivity index (χ4n) is 2.14. The van der Waals surface area contributed by atoms with E-state index in [0.717, 1.165) is 24.5 Å². The molecule has 2 rings (SSSR count). The van der Waals surface area contributed by atoms with Crippen LogP contribution in [0.1, 0.15) is 24.8 Å². The van der Waals surface area contributed by atoms with Crippen LogP contribution in [0.4, 0.5) is 0 Å². The van der Waals surface area contributed by atoms with Crippen molar-refractivity contribution in [1.82, 2.24) is 5.32 Å². The van der Waals surface area contributed by atoms with E-state index in [9.17, 15) is 0 Å². The van der Waals surface area contributed by atoms with Gasteiger partial charge in [0.05, 0.1) is 0 Å². The molecule has 1 aliphatic heterocycles. The maximum Gasteiger partial charge on any atom is 0.119 e. The Labute approximate surface area is 103 Å². The van der Waals surface area contributed by atoms with Crippen LogP contribution < -0.4 is 10.1 Å². The van der Waals surface area contributed by atoms with Crippen LogP contribution in [0.15, 0.2) is 24.3 Å². The second-order valence-corrected chi connectivity index (χ2v) is 4.58. The summed E-state index contributed by atoms with van der Waals surface area (Å²) in [6, 6.07) is 8.49. The van der Waals surface area contributed by atoms with Gasteiger partial charge in [0.25, 0.3) is 0 Å². The van der Waals surface area contributed by atoms with Crippen molar-refractivity contribution in [3.05, 3.63) is 29.8 Å². The van der Waals surface area contributed by atoms with Gasteiger partial charge in [-0.1, -0.05) is 18.6 Å². The zero-order chi connectivity index (χ0) is 11.9. The SMILES string of the molecule is OCCc1ccc(OCC2CCCCN2)cc1. The Balaban J connectivity index is 1.77. The molecule has 0 aromatic heterocycles. The number of hydrogen-bond acceptors (Lipinski definition) is 3. The molecule has 3 nitrogen and oxygen atoms in total. The van der Waals surface area contributed by atoms with Gasteiger partial charge in [-0.25, -0.2) is 0 Å². The summed E-state index contributed by atoms with van der Waals surface area (Å²) in [6.45, 7) is 2.06. The Morgan fingerprint density at radius 1 is 1.24 bits per heavy atom. The fourth-order valence-corrected chi connectivity index (χ4v) is 2.14. The van der Waals surface area contributed by atoms with Crippen LogP contribution in [-0.2, 0) is 6.42 Å². The highest BCUT2D eigenvalue weighted by molar-refractivity contribution is 5.27. The molecule has 1 heterocycles. The maximum absolute atomic E-state index is 8.82. The van der Waals surface area contributed by atoms with E-state index in [4.69, 9.17) is 9.84 Å². The Kier molecular flexibility index (Phi) is 4.83. The van der Waals surface area contributed by atoms with Crippen LogP contribution in [-0.4, -0.2) is 30.9 Å². The molecule has 3 heteroatoms. The minimum absolute atomic E-state index is 0.201. The molecule has 2 N–H and O–H groups in total. The van der Waals surface area contributed by atoms with E-state index in [-0.39, 0.29) is 6.61 Å². The van der Waals surface area contributed by atoms with Crippen LogP contribution >= 0.6 is 0 Å². The molecule has 1 aromatic rings. The second kappa shape index (κ2) is 6.62. The number of aliphatic hydroxyl groups is 1. The van der Waals surface area contributed by atoms with Crippen molar-refractivity contribution in [2.24, 2.45) is 0 Å². The van der Waals surface area contributed by atoms with Gasteiger partial charge >= 0.3 is 0 Å². The van der Waals surface area contributed by atoms with E-state index in [1.807, 2.05) is 24.3 Å². The Morgan fingerprint density at radius 3 is 2.71 bits per heavy atom. The molecule has 1 atom stereocenters. The highest BCUT2D eigenvalue weighted by Gasteiger charge is 2.12. The van der Waals surface area contributed by atoms with Gasteiger partial charge in [0.1, 0.15) is 12.4 Å². The predicted molar refractivity (Wildman–Crippen MR) is 68.4 cm³/mol. The largest absolute Gasteiger partial charge is 0.492 e. The quantitative estimate of drug-likeness (QED) is 0.817. The number of aliphatic hydroxyl groups excluding tert-OH is 1. The minimum atomic E-state index is 0.201. The zero-order valence-corrected chi connectivity index (χ0v) is 10.2. The van der Waals surface area contributed by atoms with Crippen LogP contribution in [0.5, 0.6) is 5.75 Å². The van der Waals surface area contributed by atoms with Gasteiger partial charge in [-0.05, 0) is 43.5 Å². The topological polar surface area (TPSA) is 41.5 Å². The first-order valence-electron chi connectivity index (χ1n) is 6.44. The molecular formula is C14H21NO2. The molecule has 1 saturated heterocycles. The highest BCUT2D eigenvalue weighted by Crippen LogP contribution is 2.14. The third-order valence-corrected chi connectivity index (χ3v) is 3.19. The summed E-state index contributed by atoms with van der Waals surface area (Å²) in [7, 11) is 0. The molecule has 1 fully saturated rings. The first-order chi connectivity index (χ1) is 8.38. The number of nitrogens with one attached hydrogen (secondary N) is 1. The number of piperidine rings is 1.